The number of ether oxygens (including phenoxy) is 1. The summed E-state index contributed by atoms with van der Waals surface area (Å²) in [6.45, 7) is 3.96. The smallest absolute Gasteiger partial charge is 0.264 e. The van der Waals surface area contributed by atoms with E-state index in [0.717, 1.165) is 21.3 Å². The fourth-order valence-corrected chi connectivity index (χ4v) is 3.56. The SMILES string of the molecule is Cc1ccc(C)c2sc(NC(=S)NC(=O)COc3ccccc3)nc12. The molecule has 1 aromatic heterocycles. The zero-order chi connectivity index (χ0) is 17.8. The maximum atomic E-state index is 11.9. The van der Waals surface area contributed by atoms with Gasteiger partial charge in [-0.3, -0.25) is 10.1 Å². The van der Waals surface area contributed by atoms with Gasteiger partial charge in [-0.05, 0) is 49.3 Å². The van der Waals surface area contributed by atoms with Crippen LogP contribution < -0.4 is 15.4 Å². The van der Waals surface area contributed by atoms with Crippen LogP contribution in [-0.2, 0) is 4.79 Å². The maximum Gasteiger partial charge on any atom is 0.264 e. The van der Waals surface area contributed by atoms with Crippen LogP contribution in [0.2, 0.25) is 0 Å². The Labute approximate surface area is 155 Å². The number of carbonyl (C=O) groups is 1. The molecule has 25 heavy (non-hydrogen) atoms. The number of carbonyl (C=O) groups excluding carboxylic acids is 1. The predicted molar refractivity (Wildman–Crippen MR) is 105 cm³/mol. The van der Waals surface area contributed by atoms with Crippen molar-refractivity contribution in [2.45, 2.75) is 13.8 Å². The molecule has 0 spiro atoms. The first kappa shape index (κ1) is 17.3. The first-order valence-electron chi connectivity index (χ1n) is 7.68. The molecular formula is C18H17N3O2S2. The van der Waals surface area contributed by atoms with Crippen LogP contribution in [0.15, 0.2) is 42.5 Å². The molecule has 3 aromatic rings. The number of hydrogen-bond donors (Lipinski definition) is 2. The summed E-state index contributed by atoms with van der Waals surface area (Å²) in [5.41, 5.74) is 3.22. The van der Waals surface area contributed by atoms with Crippen LogP contribution in [-0.4, -0.2) is 22.6 Å². The van der Waals surface area contributed by atoms with E-state index in [4.69, 9.17) is 17.0 Å². The van der Waals surface area contributed by atoms with Gasteiger partial charge in [0.25, 0.3) is 5.91 Å². The zero-order valence-electron chi connectivity index (χ0n) is 13.8. The van der Waals surface area contributed by atoms with Gasteiger partial charge in [0.15, 0.2) is 16.9 Å². The number of aryl methyl sites for hydroxylation is 2. The molecule has 5 nitrogen and oxygen atoms in total. The third kappa shape index (κ3) is 4.32. The summed E-state index contributed by atoms with van der Waals surface area (Å²) in [5.74, 6) is 0.309. The van der Waals surface area contributed by atoms with Gasteiger partial charge in [0.05, 0.1) is 10.2 Å². The number of rotatable bonds is 4. The Morgan fingerprint density at radius 1 is 1.16 bits per heavy atom. The molecule has 0 unspecified atom stereocenters. The number of benzene rings is 2. The van der Waals surface area contributed by atoms with E-state index in [0.29, 0.717) is 10.9 Å². The van der Waals surface area contributed by atoms with Crippen LogP contribution in [0.4, 0.5) is 5.13 Å². The maximum absolute atomic E-state index is 11.9. The van der Waals surface area contributed by atoms with Crippen molar-refractivity contribution in [3.05, 3.63) is 53.6 Å². The van der Waals surface area contributed by atoms with Crippen molar-refractivity contribution in [2.75, 3.05) is 11.9 Å². The number of fused-ring (bicyclic) bond motifs is 1. The molecule has 1 amide bonds. The van der Waals surface area contributed by atoms with Gasteiger partial charge in [0, 0.05) is 0 Å². The number of thiazole rings is 1. The number of hydrogen-bond acceptors (Lipinski definition) is 5. The van der Waals surface area contributed by atoms with Gasteiger partial charge in [0.2, 0.25) is 0 Å². The van der Waals surface area contributed by atoms with Gasteiger partial charge in [-0.2, -0.15) is 0 Å². The van der Waals surface area contributed by atoms with E-state index in [2.05, 4.69) is 21.7 Å². The molecule has 0 fully saturated rings. The summed E-state index contributed by atoms with van der Waals surface area (Å²) in [5, 5.41) is 6.42. The molecule has 128 valence electrons. The molecule has 1 heterocycles. The Balaban J connectivity index is 1.58. The topological polar surface area (TPSA) is 63.2 Å². The second-order valence-electron chi connectivity index (χ2n) is 5.50. The molecule has 2 N–H and O–H groups in total. The number of para-hydroxylation sites is 1. The van der Waals surface area contributed by atoms with Crippen LogP contribution in [0.5, 0.6) is 5.75 Å². The number of thiocarbonyl (C=S) groups is 1. The monoisotopic (exact) mass is 371 g/mol. The average Bonchev–Trinajstić information content (AvgIpc) is 3.02. The van der Waals surface area contributed by atoms with Crippen molar-refractivity contribution in [3.8, 4) is 5.75 Å². The van der Waals surface area contributed by atoms with E-state index in [-0.39, 0.29) is 17.6 Å². The van der Waals surface area contributed by atoms with Crippen LogP contribution in [0.25, 0.3) is 10.2 Å². The van der Waals surface area contributed by atoms with Crippen LogP contribution in [0.3, 0.4) is 0 Å². The van der Waals surface area contributed by atoms with Gasteiger partial charge < -0.3 is 10.1 Å². The lowest BCUT2D eigenvalue weighted by molar-refractivity contribution is -0.121. The average molecular weight is 371 g/mol. The van der Waals surface area contributed by atoms with Crippen molar-refractivity contribution in [1.29, 1.82) is 0 Å². The molecular weight excluding hydrogens is 354 g/mol. The Kier molecular flexibility index (Phi) is 5.25. The van der Waals surface area contributed by atoms with Gasteiger partial charge in [-0.15, -0.1) is 0 Å². The highest BCUT2D eigenvalue weighted by molar-refractivity contribution is 7.80. The number of anilines is 1. The van der Waals surface area contributed by atoms with E-state index in [9.17, 15) is 4.79 Å². The quantitative estimate of drug-likeness (QED) is 0.683. The van der Waals surface area contributed by atoms with Gasteiger partial charge in [-0.1, -0.05) is 41.7 Å². The minimum atomic E-state index is -0.324. The Bertz CT molecular complexity index is 884. The first-order chi connectivity index (χ1) is 12.0. The van der Waals surface area contributed by atoms with Gasteiger partial charge >= 0.3 is 0 Å². The lowest BCUT2D eigenvalue weighted by atomic mass is 10.1. The third-order valence-corrected chi connectivity index (χ3v) is 4.84. The lowest BCUT2D eigenvalue weighted by Gasteiger charge is -2.08. The first-order valence-corrected chi connectivity index (χ1v) is 8.91. The van der Waals surface area contributed by atoms with Crippen molar-refractivity contribution < 1.29 is 9.53 Å². The summed E-state index contributed by atoms with van der Waals surface area (Å²) in [7, 11) is 0. The molecule has 0 radical (unpaired) electrons. The number of aromatic nitrogens is 1. The van der Waals surface area contributed by atoms with Crippen LogP contribution >= 0.6 is 23.6 Å². The highest BCUT2D eigenvalue weighted by Crippen LogP contribution is 2.30. The molecule has 0 saturated heterocycles. The zero-order valence-corrected chi connectivity index (χ0v) is 15.5. The largest absolute Gasteiger partial charge is 0.484 e. The van der Waals surface area contributed by atoms with E-state index in [1.807, 2.05) is 38.1 Å². The van der Waals surface area contributed by atoms with Crippen molar-refractivity contribution in [1.82, 2.24) is 10.3 Å². The summed E-state index contributed by atoms with van der Waals surface area (Å²) in [6.07, 6.45) is 0. The Hall–Kier alpha value is -2.51. The summed E-state index contributed by atoms with van der Waals surface area (Å²) in [4.78, 5) is 16.5. The molecule has 0 aliphatic heterocycles. The molecule has 0 aliphatic rings. The third-order valence-electron chi connectivity index (χ3n) is 3.53. The van der Waals surface area contributed by atoms with E-state index in [1.165, 1.54) is 11.3 Å². The second kappa shape index (κ2) is 7.58. The fourth-order valence-electron chi connectivity index (χ4n) is 2.27. The van der Waals surface area contributed by atoms with Crippen molar-refractivity contribution in [2.24, 2.45) is 0 Å². The number of amides is 1. The molecule has 3 rings (SSSR count). The minimum Gasteiger partial charge on any atom is -0.484 e. The summed E-state index contributed by atoms with van der Waals surface area (Å²) >= 11 is 6.69. The molecule has 0 atom stereocenters. The van der Waals surface area contributed by atoms with Crippen LogP contribution in [0, 0.1) is 13.8 Å². The number of nitrogens with zero attached hydrogens (tertiary/aromatic N) is 1. The Morgan fingerprint density at radius 3 is 2.60 bits per heavy atom. The number of nitrogens with one attached hydrogen (secondary N) is 2. The lowest BCUT2D eigenvalue weighted by Crippen LogP contribution is -2.37. The van der Waals surface area contributed by atoms with E-state index >= 15 is 0 Å². The summed E-state index contributed by atoms with van der Waals surface area (Å²) < 4.78 is 6.50. The van der Waals surface area contributed by atoms with Crippen molar-refractivity contribution >= 4 is 49.9 Å². The molecule has 0 bridgehead atoms. The minimum absolute atomic E-state index is 0.107. The highest BCUT2D eigenvalue weighted by atomic mass is 32.1. The van der Waals surface area contributed by atoms with E-state index in [1.54, 1.807) is 12.1 Å². The van der Waals surface area contributed by atoms with E-state index < -0.39 is 0 Å². The second-order valence-corrected chi connectivity index (χ2v) is 6.91. The Morgan fingerprint density at radius 2 is 1.88 bits per heavy atom. The molecule has 7 heteroatoms. The molecule has 0 aliphatic carbocycles. The van der Waals surface area contributed by atoms with Gasteiger partial charge in [-0.25, -0.2) is 4.98 Å². The van der Waals surface area contributed by atoms with Crippen molar-refractivity contribution in [3.63, 3.8) is 0 Å². The standard InChI is InChI=1S/C18H17N3O2S2/c1-11-8-9-12(2)16-15(11)20-18(25-16)21-17(24)19-14(22)10-23-13-6-4-3-5-7-13/h3-9H,10H2,1-2H3,(H2,19,20,21,22,24). The molecule has 0 saturated carbocycles. The normalized spacial score (nSPS) is 10.5. The van der Waals surface area contributed by atoms with Crippen LogP contribution in [0.1, 0.15) is 11.1 Å². The molecule has 2 aromatic carbocycles. The summed E-state index contributed by atoms with van der Waals surface area (Å²) in [6, 6.07) is 13.3. The van der Waals surface area contributed by atoms with Gasteiger partial charge in [0.1, 0.15) is 5.75 Å². The predicted octanol–water partition coefficient (Wildman–Crippen LogP) is 3.81. The highest BCUT2D eigenvalue weighted by Gasteiger charge is 2.11. The fraction of sp³-hybridized carbons (Fsp3) is 0.167.